The van der Waals surface area contributed by atoms with Crippen LogP contribution in [0, 0.1) is 0 Å². The molecule has 1 heterocycles. The van der Waals surface area contributed by atoms with Gasteiger partial charge in [-0.15, -0.1) is 0 Å². The van der Waals surface area contributed by atoms with E-state index in [9.17, 15) is 4.79 Å². The number of carbonyl (C=O) groups is 1. The lowest BCUT2D eigenvalue weighted by atomic mass is 10.1. The average molecular weight is 226 g/mol. The van der Waals surface area contributed by atoms with E-state index in [0.717, 1.165) is 5.57 Å². The predicted octanol–water partition coefficient (Wildman–Crippen LogP) is 2.94. The van der Waals surface area contributed by atoms with Gasteiger partial charge in [-0.3, -0.25) is 0 Å². The first-order valence-corrected chi connectivity index (χ1v) is 4.90. The van der Waals surface area contributed by atoms with Crippen molar-refractivity contribution in [1.29, 1.82) is 0 Å². The molecule has 15 heavy (non-hydrogen) atoms. The smallest absolute Gasteiger partial charge is 0.337 e. The molecule has 80 valence electrons. The molecule has 0 spiro atoms. The minimum Gasteiger partial charge on any atom is -0.478 e. The van der Waals surface area contributed by atoms with E-state index >= 15 is 0 Å². The lowest BCUT2D eigenvalue weighted by molar-refractivity contribution is 0.0695. The Morgan fingerprint density at radius 1 is 1.53 bits per heavy atom. The zero-order valence-corrected chi connectivity index (χ0v) is 9.38. The maximum Gasteiger partial charge on any atom is 0.337 e. The van der Waals surface area contributed by atoms with Crippen LogP contribution in [0.1, 0.15) is 29.9 Å². The topological polar surface area (TPSA) is 50.2 Å². The van der Waals surface area contributed by atoms with Crippen molar-refractivity contribution in [3.63, 3.8) is 0 Å². The number of pyridine rings is 1. The fourth-order valence-electron chi connectivity index (χ4n) is 1.13. The van der Waals surface area contributed by atoms with Gasteiger partial charge in [0.2, 0.25) is 0 Å². The average Bonchev–Trinajstić information content (AvgIpc) is 2.14. The van der Waals surface area contributed by atoms with Gasteiger partial charge in [0.25, 0.3) is 0 Å². The first-order chi connectivity index (χ1) is 7.00. The second-order valence-corrected chi connectivity index (χ2v) is 3.81. The van der Waals surface area contributed by atoms with Crippen LogP contribution in [0.15, 0.2) is 23.8 Å². The van der Waals surface area contributed by atoms with Crippen molar-refractivity contribution in [3.8, 4) is 0 Å². The Hall–Kier alpha value is -1.35. The van der Waals surface area contributed by atoms with E-state index in [4.69, 9.17) is 16.7 Å². The minimum atomic E-state index is -0.976. The van der Waals surface area contributed by atoms with Gasteiger partial charge >= 0.3 is 5.97 Å². The molecule has 0 fully saturated rings. The van der Waals surface area contributed by atoms with Crippen LogP contribution in [-0.4, -0.2) is 16.1 Å². The molecular formula is C11H12ClNO2. The fourth-order valence-corrected chi connectivity index (χ4v) is 1.29. The Labute approximate surface area is 93.4 Å². The van der Waals surface area contributed by atoms with Gasteiger partial charge in [-0.25, -0.2) is 9.78 Å². The van der Waals surface area contributed by atoms with Crippen LogP contribution >= 0.6 is 11.6 Å². The van der Waals surface area contributed by atoms with Crippen molar-refractivity contribution in [3.05, 3.63) is 40.2 Å². The van der Waals surface area contributed by atoms with Gasteiger partial charge in [-0.2, -0.15) is 0 Å². The normalized spacial score (nSPS) is 9.80. The van der Waals surface area contributed by atoms with Gasteiger partial charge in [-0.1, -0.05) is 23.3 Å². The van der Waals surface area contributed by atoms with Gasteiger partial charge in [0.15, 0.2) is 0 Å². The number of aromatic nitrogens is 1. The Morgan fingerprint density at radius 3 is 2.73 bits per heavy atom. The number of nitrogens with zero attached hydrogens (tertiary/aromatic N) is 1. The van der Waals surface area contributed by atoms with E-state index in [2.05, 4.69) is 4.98 Å². The zero-order valence-electron chi connectivity index (χ0n) is 8.62. The summed E-state index contributed by atoms with van der Waals surface area (Å²) in [5, 5.41) is 9.23. The zero-order chi connectivity index (χ0) is 11.4. The highest BCUT2D eigenvalue weighted by Crippen LogP contribution is 2.13. The summed E-state index contributed by atoms with van der Waals surface area (Å²) in [5.41, 5.74) is 1.82. The third-order valence-corrected chi connectivity index (χ3v) is 2.08. The van der Waals surface area contributed by atoms with Crippen molar-refractivity contribution >= 4 is 17.6 Å². The van der Waals surface area contributed by atoms with Crippen molar-refractivity contribution < 1.29 is 9.90 Å². The summed E-state index contributed by atoms with van der Waals surface area (Å²) in [5.74, 6) is -0.976. The molecule has 3 nitrogen and oxygen atoms in total. The minimum absolute atomic E-state index is 0.205. The second-order valence-electron chi connectivity index (χ2n) is 3.42. The van der Waals surface area contributed by atoms with Crippen LogP contribution in [0.3, 0.4) is 0 Å². The van der Waals surface area contributed by atoms with Gasteiger partial charge in [0.1, 0.15) is 5.15 Å². The summed E-state index contributed by atoms with van der Waals surface area (Å²) in [7, 11) is 0. The van der Waals surface area contributed by atoms with Crippen LogP contribution in [0.5, 0.6) is 0 Å². The summed E-state index contributed by atoms with van der Waals surface area (Å²) >= 11 is 5.71. The molecule has 0 amide bonds. The standard InChI is InChI=1S/C11H12ClNO2/c1-7(2)3-5-9-8(11(14)15)4-6-10(12)13-9/h3-4,6H,5H2,1-2H3,(H,14,15). The Morgan fingerprint density at radius 2 is 2.20 bits per heavy atom. The molecule has 0 saturated carbocycles. The number of halogens is 1. The molecule has 0 unspecified atom stereocenters. The SMILES string of the molecule is CC(C)=CCc1nc(Cl)ccc1C(=O)O. The lowest BCUT2D eigenvalue weighted by Gasteiger charge is -2.03. The Bertz CT molecular complexity index is 409. The third-order valence-electron chi connectivity index (χ3n) is 1.87. The highest BCUT2D eigenvalue weighted by Gasteiger charge is 2.10. The maximum absolute atomic E-state index is 10.9. The van der Waals surface area contributed by atoms with E-state index in [1.54, 1.807) is 0 Å². The van der Waals surface area contributed by atoms with Crippen molar-refractivity contribution in [1.82, 2.24) is 4.98 Å². The van der Waals surface area contributed by atoms with E-state index in [0.29, 0.717) is 17.3 Å². The molecule has 1 N–H and O–H groups in total. The highest BCUT2D eigenvalue weighted by molar-refractivity contribution is 6.29. The molecule has 1 aromatic rings. The molecule has 0 bridgehead atoms. The Kier molecular flexibility index (Phi) is 3.86. The quantitative estimate of drug-likeness (QED) is 0.636. The van der Waals surface area contributed by atoms with Gasteiger partial charge in [0, 0.05) is 6.42 Å². The number of carboxylic acid groups (broad SMARTS) is 1. The van der Waals surface area contributed by atoms with Crippen LogP contribution in [-0.2, 0) is 6.42 Å². The van der Waals surface area contributed by atoms with E-state index in [1.807, 2.05) is 19.9 Å². The number of aromatic carboxylic acids is 1. The van der Waals surface area contributed by atoms with Crippen molar-refractivity contribution in [2.45, 2.75) is 20.3 Å². The molecule has 0 aliphatic heterocycles. The predicted molar refractivity (Wildman–Crippen MR) is 59.3 cm³/mol. The summed E-state index contributed by atoms with van der Waals surface area (Å²) in [6, 6.07) is 2.96. The van der Waals surface area contributed by atoms with Crippen molar-refractivity contribution in [2.75, 3.05) is 0 Å². The summed E-state index contributed by atoms with van der Waals surface area (Å²) in [6.45, 7) is 3.90. The van der Waals surface area contributed by atoms with Crippen molar-refractivity contribution in [2.24, 2.45) is 0 Å². The molecule has 0 radical (unpaired) electrons. The second kappa shape index (κ2) is 4.94. The lowest BCUT2D eigenvalue weighted by Crippen LogP contribution is -2.04. The summed E-state index contributed by atoms with van der Waals surface area (Å²) < 4.78 is 0. The number of hydrogen-bond acceptors (Lipinski definition) is 2. The van der Waals surface area contributed by atoms with Gasteiger partial charge in [-0.05, 0) is 26.0 Å². The largest absolute Gasteiger partial charge is 0.478 e. The Balaban J connectivity index is 3.07. The number of rotatable bonds is 3. The van der Waals surface area contributed by atoms with Gasteiger partial charge in [0.05, 0.1) is 11.3 Å². The number of hydrogen-bond donors (Lipinski definition) is 1. The van der Waals surface area contributed by atoms with Crippen LogP contribution in [0.4, 0.5) is 0 Å². The van der Waals surface area contributed by atoms with Crippen LogP contribution < -0.4 is 0 Å². The first-order valence-electron chi connectivity index (χ1n) is 4.53. The monoisotopic (exact) mass is 225 g/mol. The van der Waals surface area contributed by atoms with Crippen LogP contribution in [0.2, 0.25) is 5.15 Å². The van der Waals surface area contributed by atoms with E-state index in [-0.39, 0.29) is 5.56 Å². The molecule has 0 aromatic carbocycles. The summed E-state index contributed by atoms with van der Waals surface area (Å²) in [6.07, 6.45) is 2.41. The molecular weight excluding hydrogens is 214 g/mol. The number of allylic oxidation sites excluding steroid dienone is 2. The maximum atomic E-state index is 10.9. The highest BCUT2D eigenvalue weighted by atomic mass is 35.5. The molecule has 0 aliphatic rings. The molecule has 0 aliphatic carbocycles. The van der Waals surface area contributed by atoms with E-state index < -0.39 is 5.97 Å². The van der Waals surface area contributed by atoms with E-state index in [1.165, 1.54) is 12.1 Å². The first kappa shape index (κ1) is 11.7. The molecule has 0 atom stereocenters. The van der Waals surface area contributed by atoms with Gasteiger partial charge < -0.3 is 5.11 Å². The molecule has 1 rings (SSSR count). The fraction of sp³-hybridized carbons (Fsp3) is 0.273. The van der Waals surface area contributed by atoms with Crippen LogP contribution in [0.25, 0.3) is 0 Å². The third kappa shape index (κ3) is 3.36. The molecule has 0 saturated heterocycles. The summed E-state index contributed by atoms with van der Waals surface area (Å²) in [4.78, 5) is 14.9. The molecule has 4 heteroatoms. The molecule has 1 aromatic heterocycles. The number of carboxylic acids is 1.